The number of hydrogen-bond donors (Lipinski definition) is 1. The Kier molecular flexibility index (Phi) is 3.38. The van der Waals surface area contributed by atoms with Crippen LogP contribution in [-0.4, -0.2) is 35.8 Å². The summed E-state index contributed by atoms with van der Waals surface area (Å²) in [4.78, 5) is 15.8. The summed E-state index contributed by atoms with van der Waals surface area (Å²) in [5.74, 6) is 0.457. The zero-order chi connectivity index (χ0) is 13.2. The highest BCUT2D eigenvalue weighted by molar-refractivity contribution is 5.89. The third-order valence-electron chi connectivity index (χ3n) is 3.71. The molecule has 1 N–H and O–H groups in total. The molecule has 1 aromatic heterocycles. The minimum Gasteiger partial charge on any atom is -0.462 e. The molecule has 2 bridgehead atoms. The molecule has 1 aromatic rings. The second-order valence-corrected chi connectivity index (χ2v) is 5.01. The number of esters is 1. The molecule has 0 spiro atoms. The van der Waals surface area contributed by atoms with E-state index in [0.29, 0.717) is 30.4 Å². The first kappa shape index (κ1) is 12.4. The summed E-state index contributed by atoms with van der Waals surface area (Å²) < 4.78 is 10.7. The third kappa shape index (κ3) is 2.56. The van der Waals surface area contributed by atoms with Gasteiger partial charge in [-0.25, -0.2) is 9.78 Å². The van der Waals surface area contributed by atoms with E-state index in [1.54, 1.807) is 19.2 Å². The Morgan fingerprint density at radius 3 is 3.00 bits per heavy atom. The van der Waals surface area contributed by atoms with Gasteiger partial charge in [0.05, 0.1) is 30.4 Å². The van der Waals surface area contributed by atoms with Crippen LogP contribution < -0.4 is 5.32 Å². The minimum atomic E-state index is -0.329. The number of fused-ring (bicyclic) bond motifs is 2. The van der Waals surface area contributed by atoms with Crippen molar-refractivity contribution in [3.63, 3.8) is 0 Å². The van der Waals surface area contributed by atoms with Crippen molar-refractivity contribution >= 4 is 11.8 Å². The number of rotatable bonds is 4. The molecule has 5 heteroatoms. The molecule has 5 nitrogen and oxygen atoms in total. The number of aromatic nitrogens is 1. The second-order valence-electron chi connectivity index (χ2n) is 5.01. The zero-order valence-electron chi connectivity index (χ0n) is 11.0. The van der Waals surface area contributed by atoms with Crippen molar-refractivity contribution in [2.24, 2.45) is 0 Å². The Morgan fingerprint density at radius 1 is 1.53 bits per heavy atom. The van der Waals surface area contributed by atoms with E-state index in [4.69, 9.17) is 9.47 Å². The van der Waals surface area contributed by atoms with Gasteiger partial charge in [-0.3, -0.25) is 0 Å². The summed E-state index contributed by atoms with van der Waals surface area (Å²) in [6.07, 6.45) is 5.64. The topological polar surface area (TPSA) is 60.5 Å². The lowest BCUT2D eigenvalue weighted by atomic mass is 9.95. The van der Waals surface area contributed by atoms with Crippen molar-refractivity contribution in [2.45, 2.75) is 44.4 Å². The number of nitrogens with zero attached hydrogens (tertiary/aromatic N) is 1. The molecule has 3 rings (SSSR count). The maximum Gasteiger partial charge on any atom is 0.339 e. The van der Waals surface area contributed by atoms with Crippen LogP contribution in [0.1, 0.15) is 36.5 Å². The van der Waals surface area contributed by atoms with Gasteiger partial charge in [0.25, 0.3) is 0 Å². The molecule has 0 radical (unpaired) electrons. The molecule has 102 valence electrons. The largest absolute Gasteiger partial charge is 0.462 e. The Balaban J connectivity index is 1.61. The van der Waals surface area contributed by atoms with Crippen LogP contribution in [0.2, 0.25) is 0 Å². The number of anilines is 1. The van der Waals surface area contributed by atoms with Crippen LogP contribution in [0.4, 0.5) is 5.82 Å². The van der Waals surface area contributed by atoms with Crippen molar-refractivity contribution in [1.82, 2.24) is 4.98 Å². The van der Waals surface area contributed by atoms with Crippen molar-refractivity contribution < 1.29 is 14.3 Å². The lowest BCUT2D eigenvalue weighted by Gasteiger charge is -2.20. The summed E-state index contributed by atoms with van der Waals surface area (Å²) >= 11 is 0. The molecule has 2 fully saturated rings. The molecule has 19 heavy (non-hydrogen) atoms. The van der Waals surface area contributed by atoms with E-state index in [-0.39, 0.29) is 5.97 Å². The van der Waals surface area contributed by atoms with Crippen LogP contribution in [0, 0.1) is 0 Å². The zero-order valence-corrected chi connectivity index (χ0v) is 11.0. The van der Waals surface area contributed by atoms with Gasteiger partial charge < -0.3 is 14.8 Å². The Morgan fingerprint density at radius 2 is 2.42 bits per heavy atom. The maximum atomic E-state index is 11.5. The molecule has 0 aliphatic carbocycles. The summed E-state index contributed by atoms with van der Waals surface area (Å²) in [6, 6.07) is 3.90. The van der Waals surface area contributed by atoms with Crippen LogP contribution in [0.5, 0.6) is 0 Å². The SMILES string of the molecule is CCOC(=O)c1ccc(NC2CC3CCC2O3)nc1. The van der Waals surface area contributed by atoms with Gasteiger partial charge >= 0.3 is 5.97 Å². The van der Waals surface area contributed by atoms with Crippen LogP contribution in [-0.2, 0) is 9.47 Å². The summed E-state index contributed by atoms with van der Waals surface area (Å²) in [5.41, 5.74) is 0.483. The van der Waals surface area contributed by atoms with Crippen LogP contribution >= 0.6 is 0 Å². The standard InChI is InChI=1S/C14H18N2O3/c1-2-18-14(17)9-3-6-13(15-8-9)16-11-7-10-4-5-12(11)19-10/h3,6,8,10-12H,2,4-5,7H2,1H3,(H,15,16). The van der Waals surface area contributed by atoms with E-state index < -0.39 is 0 Å². The van der Waals surface area contributed by atoms with Crippen molar-refractivity contribution in [3.05, 3.63) is 23.9 Å². The third-order valence-corrected chi connectivity index (χ3v) is 3.71. The lowest BCUT2D eigenvalue weighted by molar-refractivity contribution is 0.0526. The molecule has 2 aliphatic rings. The van der Waals surface area contributed by atoms with Gasteiger partial charge in [0, 0.05) is 6.20 Å². The van der Waals surface area contributed by atoms with Crippen LogP contribution in [0.25, 0.3) is 0 Å². The number of pyridine rings is 1. The van der Waals surface area contributed by atoms with E-state index >= 15 is 0 Å². The normalized spacial score (nSPS) is 28.4. The second kappa shape index (κ2) is 5.17. The number of nitrogens with one attached hydrogen (secondary N) is 1. The fourth-order valence-electron chi connectivity index (χ4n) is 2.79. The summed E-state index contributed by atoms with van der Waals surface area (Å²) in [5, 5.41) is 3.38. The van der Waals surface area contributed by atoms with Gasteiger partial charge in [-0.1, -0.05) is 0 Å². The van der Waals surface area contributed by atoms with Crippen LogP contribution in [0.3, 0.4) is 0 Å². The van der Waals surface area contributed by atoms with Gasteiger partial charge in [-0.15, -0.1) is 0 Å². The van der Waals surface area contributed by atoms with Crippen molar-refractivity contribution in [1.29, 1.82) is 0 Å². The fraction of sp³-hybridized carbons (Fsp3) is 0.571. The average molecular weight is 262 g/mol. The number of ether oxygens (including phenoxy) is 2. The first-order valence-electron chi connectivity index (χ1n) is 6.81. The van der Waals surface area contributed by atoms with Gasteiger partial charge in [0.2, 0.25) is 0 Å². The van der Waals surface area contributed by atoms with Gasteiger partial charge in [0.15, 0.2) is 0 Å². The average Bonchev–Trinajstić information content (AvgIpc) is 3.02. The molecule has 2 aliphatic heterocycles. The first-order valence-corrected chi connectivity index (χ1v) is 6.81. The first-order chi connectivity index (χ1) is 9.26. The fourth-order valence-corrected chi connectivity index (χ4v) is 2.79. The number of hydrogen-bond acceptors (Lipinski definition) is 5. The van der Waals surface area contributed by atoms with Gasteiger partial charge in [0.1, 0.15) is 5.82 Å². The molecule has 0 amide bonds. The van der Waals surface area contributed by atoms with E-state index in [1.807, 2.05) is 6.07 Å². The minimum absolute atomic E-state index is 0.316. The molecule has 0 aromatic carbocycles. The number of carbonyl (C=O) groups excluding carboxylic acids is 1. The number of carbonyl (C=O) groups is 1. The van der Waals surface area contributed by atoms with Crippen molar-refractivity contribution in [3.8, 4) is 0 Å². The van der Waals surface area contributed by atoms with Crippen molar-refractivity contribution in [2.75, 3.05) is 11.9 Å². The summed E-state index contributed by atoms with van der Waals surface area (Å²) in [6.45, 7) is 2.16. The van der Waals surface area contributed by atoms with Gasteiger partial charge in [-0.05, 0) is 38.3 Å². The van der Waals surface area contributed by atoms with Gasteiger partial charge in [-0.2, -0.15) is 0 Å². The lowest BCUT2D eigenvalue weighted by Crippen LogP contribution is -2.30. The smallest absolute Gasteiger partial charge is 0.339 e. The molecule has 3 unspecified atom stereocenters. The quantitative estimate of drug-likeness (QED) is 0.841. The van der Waals surface area contributed by atoms with E-state index in [2.05, 4.69) is 10.3 Å². The Labute approximate surface area is 112 Å². The molecule has 3 atom stereocenters. The molecule has 0 saturated carbocycles. The maximum absolute atomic E-state index is 11.5. The van der Waals surface area contributed by atoms with E-state index in [9.17, 15) is 4.79 Å². The molecular weight excluding hydrogens is 244 g/mol. The highest BCUT2D eigenvalue weighted by atomic mass is 16.5. The molecular formula is C14H18N2O3. The molecule has 2 saturated heterocycles. The highest BCUT2D eigenvalue weighted by Crippen LogP contribution is 2.35. The molecule has 3 heterocycles. The Hall–Kier alpha value is -1.62. The van der Waals surface area contributed by atoms with E-state index in [0.717, 1.165) is 18.7 Å². The highest BCUT2D eigenvalue weighted by Gasteiger charge is 2.40. The summed E-state index contributed by atoms with van der Waals surface area (Å²) in [7, 11) is 0. The predicted octanol–water partition coefficient (Wildman–Crippen LogP) is 1.99. The van der Waals surface area contributed by atoms with E-state index in [1.165, 1.54) is 6.42 Å². The van der Waals surface area contributed by atoms with Crippen LogP contribution in [0.15, 0.2) is 18.3 Å². The predicted molar refractivity (Wildman–Crippen MR) is 70.1 cm³/mol. The Bertz CT molecular complexity index is 460. The monoisotopic (exact) mass is 262 g/mol.